The number of likely N-dealkylation sites (N-methyl/N-ethyl adjacent to an activating group) is 1. The van der Waals surface area contributed by atoms with Gasteiger partial charge in [0, 0.05) is 29.7 Å². The van der Waals surface area contributed by atoms with Gasteiger partial charge in [0.15, 0.2) is 0 Å². The van der Waals surface area contributed by atoms with Gasteiger partial charge in [0.25, 0.3) is 5.91 Å². The first-order chi connectivity index (χ1) is 10.9. The van der Waals surface area contributed by atoms with Crippen LogP contribution in [0.3, 0.4) is 0 Å². The maximum atomic E-state index is 12.7. The Morgan fingerprint density at radius 2 is 2.09 bits per heavy atom. The number of hydrogen-bond acceptors (Lipinski definition) is 4. The summed E-state index contributed by atoms with van der Waals surface area (Å²) in [4.78, 5) is 19.3. The first kappa shape index (κ1) is 17.2. The third-order valence-corrected chi connectivity index (χ3v) is 3.80. The number of hydrogen-bond donors (Lipinski definition) is 1. The van der Waals surface area contributed by atoms with E-state index >= 15 is 0 Å². The predicted octanol–water partition coefficient (Wildman–Crippen LogP) is 2.62. The van der Waals surface area contributed by atoms with Crippen molar-refractivity contribution in [3.05, 3.63) is 35.5 Å². The van der Waals surface area contributed by atoms with Crippen LogP contribution in [0.25, 0.3) is 10.9 Å². The minimum atomic E-state index is -0.0561. The summed E-state index contributed by atoms with van der Waals surface area (Å²) in [6, 6.07) is 7.57. The van der Waals surface area contributed by atoms with Crippen molar-refractivity contribution in [2.24, 2.45) is 0 Å². The molecule has 5 nitrogen and oxygen atoms in total. The molecular formula is C18H25N3O2. The number of amides is 1. The van der Waals surface area contributed by atoms with Gasteiger partial charge in [-0.05, 0) is 45.6 Å². The largest absolute Gasteiger partial charge is 0.497 e. The fourth-order valence-electron chi connectivity index (χ4n) is 2.64. The monoisotopic (exact) mass is 315 g/mol. The molecule has 124 valence electrons. The van der Waals surface area contributed by atoms with Gasteiger partial charge in [-0.25, -0.2) is 0 Å². The highest BCUT2D eigenvalue weighted by Crippen LogP contribution is 2.23. The molecule has 0 aliphatic rings. The van der Waals surface area contributed by atoms with Gasteiger partial charge in [0.2, 0.25) is 0 Å². The van der Waals surface area contributed by atoms with Crippen molar-refractivity contribution in [1.82, 2.24) is 15.2 Å². The third-order valence-electron chi connectivity index (χ3n) is 3.80. The Labute approximate surface area is 137 Å². The van der Waals surface area contributed by atoms with E-state index in [0.717, 1.165) is 35.3 Å². The summed E-state index contributed by atoms with van der Waals surface area (Å²) >= 11 is 0. The van der Waals surface area contributed by atoms with Crippen LogP contribution < -0.4 is 10.1 Å². The van der Waals surface area contributed by atoms with Gasteiger partial charge in [-0.2, -0.15) is 0 Å². The topological polar surface area (TPSA) is 54.5 Å². The summed E-state index contributed by atoms with van der Waals surface area (Å²) in [5.41, 5.74) is 2.25. The van der Waals surface area contributed by atoms with Gasteiger partial charge in [0.1, 0.15) is 5.75 Å². The zero-order valence-electron chi connectivity index (χ0n) is 14.5. The van der Waals surface area contributed by atoms with E-state index < -0.39 is 0 Å². The van der Waals surface area contributed by atoms with E-state index in [0.29, 0.717) is 5.56 Å². The molecule has 23 heavy (non-hydrogen) atoms. The van der Waals surface area contributed by atoms with Crippen LogP contribution in [0.4, 0.5) is 0 Å². The van der Waals surface area contributed by atoms with Gasteiger partial charge in [-0.1, -0.05) is 6.92 Å². The third kappa shape index (κ3) is 4.20. The maximum absolute atomic E-state index is 12.7. The van der Waals surface area contributed by atoms with Crippen molar-refractivity contribution in [2.45, 2.75) is 26.3 Å². The number of carbonyl (C=O) groups is 1. The number of pyridine rings is 1. The van der Waals surface area contributed by atoms with Crippen LogP contribution in [0.5, 0.6) is 5.75 Å². The van der Waals surface area contributed by atoms with E-state index in [4.69, 9.17) is 4.74 Å². The molecule has 1 atom stereocenters. The molecule has 0 spiro atoms. The van der Waals surface area contributed by atoms with Gasteiger partial charge < -0.3 is 15.0 Å². The number of nitrogens with one attached hydrogen (secondary N) is 1. The Kier molecular flexibility index (Phi) is 5.55. The van der Waals surface area contributed by atoms with Crippen LogP contribution in [0.1, 0.15) is 29.4 Å². The number of benzene rings is 1. The Hall–Kier alpha value is -2.14. The van der Waals surface area contributed by atoms with E-state index in [1.807, 2.05) is 45.3 Å². The molecule has 0 aliphatic heterocycles. The number of ether oxygens (including phenoxy) is 1. The SMILES string of the molecule is CC[C@H](CN(C)C)NC(=O)c1cc(C)nc2cc(OC)ccc12. The minimum Gasteiger partial charge on any atom is -0.497 e. The molecule has 1 heterocycles. The van der Waals surface area contributed by atoms with E-state index in [1.54, 1.807) is 7.11 Å². The summed E-state index contributed by atoms with van der Waals surface area (Å²) in [6.45, 7) is 4.79. The van der Waals surface area contributed by atoms with Gasteiger partial charge in [-0.15, -0.1) is 0 Å². The highest BCUT2D eigenvalue weighted by molar-refractivity contribution is 6.06. The number of rotatable bonds is 6. The number of carbonyl (C=O) groups excluding carboxylic acids is 1. The molecule has 1 amide bonds. The first-order valence-electron chi connectivity index (χ1n) is 7.85. The number of aromatic nitrogens is 1. The quantitative estimate of drug-likeness (QED) is 0.890. The van der Waals surface area contributed by atoms with Crippen LogP contribution >= 0.6 is 0 Å². The molecule has 0 saturated carbocycles. The van der Waals surface area contributed by atoms with E-state index in [-0.39, 0.29) is 11.9 Å². The van der Waals surface area contributed by atoms with E-state index in [2.05, 4.69) is 22.1 Å². The zero-order chi connectivity index (χ0) is 17.0. The fourth-order valence-corrected chi connectivity index (χ4v) is 2.64. The van der Waals surface area contributed by atoms with Gasteiger partial charge in [0.05, 0.1) is 18.2 Å². The number of nitrogens with zero attached hydrogens (tertiary/aromatic N) is 2. The van der Waals surface area contributed by atoms with Gasteiger partial charge in [-0.3, -0.25) is 9.78 Å². The van der Waals surface area contributed by atoms with Crippen LogP contribution in [0.2, 0.25) is 0 Å². The molecule has 0 unspecified atom stereocenters. The second-order valence-electron chi connectivity index (χ2n) is 6.04. The Morgan fingerprint density at radius 3 is 2.70 bits per heavy atom. The molecule has 0 aliphatic carbocycles. The maximum Gasteiger partial charge on any atom is 0.252 e. The minimum absolute atomic E-state index is 0.0561. The molecule has 0 bridgehead atoms. The summed E-state index contributed by atoms with van der Waals surface area (Å²) in [6.07, 6.45) is 0.889. The molecule has 2 aromatic rings. The van der Waals surface area contributed by atoms with Crippen LogP contribution in [-0.2, 0) is 0 Å². The molecule has 5 heteroatoms. The fraction of sp³-hybridized carbons (Fsp3) is 0.444. The lowest BCUT2D eigenvalue weighted by atomic mass is 10.1. The summed E-state index contributed by atoms with van der Waals surface area (Å²) in [7, 11) is 5.64. The highest BCUT2D eigenvalue weighted by Gasteiger charge is 2.16. The Morgan fingerprint density at radius 1 is 1.35 bits per heavy atom. The van der Waals surface area contributed by atoms with E-state index in [1.165, 1.54) is 0 Å². The highest BCUT2D eigenvalue weighted by atomic mass is 16.5. The molecule has 1 aromatic heterocycles. The van der Waals surface area contributed by atoms with Crippen LogP contribution in [0.15, 0.2) is 24.3 Å². The lowest BCUT2D eigenvalue weighted by Crippen LogP contribution is -2.41. The number of fused-ring (bicyclic) bond motifs is 1. The molecule has 0 saturated heterocycles. The molecule has 1 aromatic carbocycles. The number of methoxy groups -OCH3 is 1. The molecule has 0 fully saturated rings. The summed E-state index contributed by atoms with van der Waals surface area (Å²) < 4.78 is 5.24. The summed E-state index contributed by atoms with van der Waals surface area (Å²) in [5, 5.41) is 3.96. The van der Waals surface area contributed by atoms with Gasteiger partial charge >= 0.3 is 0 Å². The average molecular weight is 315 g/mol. The average Bonchev–Trinajstić information content (AvgIpc) is 2.52. The first-order valence-corrected chi connectivity index (χ1v) is 7.85. The van der Waals surface area contributed by atoms with Crippen molar-refractivity contribution in [2.75, 3.05) is 27.7 Å². The predicted molar refractivity (Wildman–Crippen MR) is 93.1 cm³/mol. The zero-order valence-corrected chi connectivity index (χ0v) is 14.5. The Balaban J connectivity index is 2.36. The standard InChI is InChI=1S/C18H25N3O2/c1-6-13(11-21(3)4)20-18(22)16-9-12(2)19-17-10-14(23-5)7-8-15(16)17/h7-10,13H,6,11H2,1-5H3,(H,20,22)/t13-/m1/s1. The van der Waals surface area contributed by atoms with E-state index in [9.17, 15) is 4.79 Å². The van der Waals surface area contributed by atoms with Crippen LogP contribution in [-0.4, -0.2) is 49.6 Å². The van der Waals surface area contributed by atoms with Crippen molar-refractivity contribution in [1.29, 1.82) is 0 Å². The Bertz CT molecular complexity index is 698. The number of aryl methyl sites for hydroxylation is 1. The normalized spacial score (nSPS) is 12.4. The second kappa shape index (κ2) is 7.42. The smallest absolute Gasteiger partial charge is 0.252 e. The lowest BCUT2D eigenvalue weighted by molar-refractivity contribution is 0.0930. The molecular weight excluding hydrogens is 290 g/mol. The second-order valence-corrected chi connectivity index (χ2v) is 6.04. The van der Waals surface area contributed by atoms with Crippen LogP contribution in [0, 0.1) is 6.92 Å². The lowest BCUT2D eigenvalue weighted by Gasteiger charge is -2.21. The molecule has 1 N–H and O–H groups in total. The molecule has 2 rings (SSSR count). The summed E-state index contributed by atoms with van der Waals surface area (Å²) in [5.74, 6) is 0.681. The van der Waals surface area contributed by atoms with Crippen molar-refractivity contribution >= 4 is 16.8 Å². The van der Waals surface area contributed by atoms with Crippen molar-refractivity contribution in [3.63, 3.8) is 0 Å². The van der Waals surface area contributed by atoms with Crippen molar-refractivity contribution in [3.8, 4) is 5.75 Å². The molecule has 0 radical (unpaired) electrons. The van der Waals surface area contributed by atoms with Crippen molar-refractivity contribution < 1.29 is 9.53 Å².